The van der Waals surface area contributed by atoms with Crippen molar-refractivity contribution in [1.29, 1.82) is 0 Å². The van der Waals surface area contributed by atoms with Crippen LogP contribution in [0.4, 0.5) is 0 Å². The molecule has 0 aliphatic carbocycles. The Morgan fingerprint density at radius 3 is 3.00 bits per heavy atom. The Morgan fingerprint density at radius 2 is 2.26 bits per heavy atom. The lowest BCUT2D eigenvalue weighted by Crippen LogP contribution is -2.41. The predicted octanol–water partition coefficient (Wildman–Crippen LogP) is 1.29. The fraction of sp³-hybridized carbons (Fsp3) is 0.375. The highest BCUT2D eigenvalue weighted by molar-refractivity contribution is 5.85. The Kier molecular flexibility index (Phi) is 6.58. The highest BCUT2D eigenvalue weighted by Crippen LogP contribution is 2.13. The summed E-state index contributed by atoms with van der Waals surface area (Å²) in [5, 5.41) is 10.4. The Morgan fingerprint density at radius 1 is 1.39 bits per heavy atom. The monoisotopic (exact) mass is 336 g/mol. The Labute approximate surface area is 141 Å². The Bertz CT molecular complexity index is 612. The number of aromatic nitrogens is 2. The predicted molar refractivity (Wildman–Crippen MR) is 89.9 cm³/mol. The molecule has 1 fully saturated rings. The summed E-state index contributed by atoms with van der Waals surface area (Å²) in [4.78, 5) is 12.0. The summed E-state index contributed by atoms with van der Waals surface area (Å²) in [5.41, 5.74) is 2.01. The normalized spacial score (nSPS) is 17.3. The van der Waals surface area contributed by atoms with Crippen molar-refractivity contribution in [3.8, 4) is 5.69 Å². The molecular formula is C16H21ClN4O2. The fourth-order valence-corrected chi connectivity index (χ4v) is 2.52. The van der Waals surface area contributed by atoms with Gasteiger partial charge in [-0.05, 0) is 17.7 Å². The molecule has 124 valence electrons. The second-order valence-electron chi connectivity index (χ2n) is 5.26. The van der Waals surface area contributed by atoms with Crippen molar-refractivity contribution in [2.24, 2.45) is 0 Å². The molecule has 1 unspecified atom stereocenters. The molecule has 1 aromatic carbocycles. The van der Waals surface area contributed by atoms with Gasteiger partial charge in [0.15, 0.2) is 0 Å². The number of hydrogen-bond donors (Lipinski definition) is 2. The van der Waals surface area contributed by atoms with Crippen LogP contribution in [0.1, 0.15) is 12.0 Å². The summed E-state index contributed by atoms with van der Waals surface area (Å²) >= 11 is 0. The van der Waals surface area contributed by atoms with E-state index in [1.54, 1.807) is 10.9 Å². The zero-order chi connectivity index (χ0) is 15.2. The molecule has 3 rings (SSSR count). The molecule has 1 aromatic heterocycles. The van der Waals surface area contributed by atoms with Gasteiger partial charge in [-0.2, -0.15) is 5.10 Å². The summed E-state index contributed by atoms with van der Waals surface area (Å²) in [5.74, 6) is 0.00367. The molecule has 1 amide bonds. The van der Waals surface area contributed by atoms with Crippen molar-refractivity contribution >= 4 is 18.3 Å². The molecule has 1 aliphatic rings. The molecule has 2 aromatic rings. The highest BCUT2D eigenvalue weighted by atomic mass is 35.5. The molecular weight excluding hydrogens is 316 g/mol. The molecule has 6 nitrogen and oxygen atoms in total. The maximum absolute atomic E-state index is 12.0. The average Bonchev–Trinajstić information content (AvgIpc) is 3.08. The summed E-state index contributed by atoms with van der Waals surface area (Å²) in [7, 11) is 0. The van der Waals surface area contributed by atoms with Crippen molar-refractivity contribution < 1.29 is 9.53 Å². The number of para-hydroxylation sites is 1. The van der Waals surface area contributed by atoms with E-state index < -0.39 is 0 Å². The lowest BCUT2D eigenvalue weighted by atomic mass is 10.1. The van der Waals surface area contributed by atoms with Gasteiger partial charge < -0.3 is 15.4 Å². The van der Waals surface area contributed by atoms with Crippen molar-refractivity contribution in [1.82, 2.24) is 20.4 Å². The Balaban J connectivity index is 0.00000192. The third kappa shape index (κ3) is 4.79. The fourth-order valence-electron chi connectivity index (χ4n) is 2.52. The molecule has 7 heteroatoms. The summed E-state index contributed by atoms with van der Waals surface area (Å²) in [6.45, 7) is 2.74. The molecule has 0 bridgehead atoms. The SMILES string of the molecule is Cl.O=C(CC1CNCCO1)NCc1ccccc1-n1cccn1. The van der Waals surface area contributed by atoms with Crippen LogP contribution in [0.25, 0.3) is 5.69 Å². The zero-order valence-corrected chi connectivity index (χ0v) is 13.6. The smallest absolute Gasteiger partial charge is 0.222 e. The largest absolute Gasteiger partial charge is 0.375 e. The third-order valence-corrected chi connectivity index (χ3v) is 3.64. The molecule has 0 radical (unpaired) electrons. The zero-order valence-electron chi connectivity index (χ0n) is 12.8. The molecule has 1 saturated heterocycles. The van der Waals surface area contributed by atoms with Crippen LogP contribution in [0.5, 0.6) is 0 Å². The number of carbonyl (C=O) groups excluding carboxylic acids is 1. The van der Waals surface area contributed by atoms with E-state index in [0.29, 0.717) is 19.6 Å². The number of rotatable bonds is 5. The maximum atomic E-state index is 12.0. The van der Waals surface area contributed by atoms with E-state index in [9.17, 15) is 4.79 Å². The number of halogens is 1. The summed E-state index contributed by atoms with van der Waals surface area (Å²) in [6, 6.07) is 9.79. The van der Waals surface area contributed by atoms with E-state index in [2.05, 4.69) is 15.7 Å². The first-order valence-corrected chi connectivity index (χ1v) is 7.50. The molecule has 0 saturated carbocycles. The Hall–Kier alpha value is -1.89. The van der Waals surface area contributed by atoms with Crippen LogP contribution in [0.2, 0.25) is 0 Å². The highest BCUT2D eigenvalue weighted by Gasteiger charge is 2.17. The summed E-state index contributed by atoms with van der Waals surface area (Å²) < 4.78 is 7.35. The lowest BCUT2D eigenvalue weighted by molar-refractivity contribution is -0.124. The first kappa shape index (κ1) is 17.5. The van der Waals surface area contributed by atoms with Gasteiger partial charge in [-0.15, -0.1) is 12.4 Å². The molecule has 23 heavy (non-hydrogen) atoms. The lowest BCUT2D eigenvalue weighted by Gasteiger charge is -2.23. The van der Waals surface area contributed by atoms with Crippen molar-refractivity contribution in [2.75, 3.05) is 19.7 Å². The second kappa shape index (κ2) is 8.67. The van der Waals surface area contributed by atoms with Gasteiger partial charge in [0.2, 0.25) is 5.91 Å². The number of hydrogen-bond acceptors (Lipinski definition) is 4. The minimum absolute atomic E-state index is 0. The van der Waals surface area contributed by atoms with E-state index in [1.165, 1.54) is 0 Å². The number of benzene rings is 1. The van der Waals surface area contributed by atoms with Crippen LogP contribution >= 0.6 is 12.4 Å². The van der Waals surface area contributed by atoms with Gasteiger partial charge in [-0.25, -0.2) is 4.68 Å². The van der Waals surface area contributed by atoms with Crippen molar-refractivity contribution in [2.45, 2.75) is 19.1 Å². The van der Waals surface area contributed by atoms with E-state index >= 15 is 0 Å². The van der Waals surface area contributed by atoms with Gasteiger partial charge in [0.25, 0.3) is 0 Å². The standard InChI is InChI=1S/C16H20N4O2.ClH/c21-16(10-14-12-17-7-9-22-14)18-11-13-4-1-2-5-15(13)20-8-3-6-19-20;/h1-6,8,14,17H,7,9-12H2,(H,18,21);1H. The molecule has 2 heterocycles. The average molecular weight is 337 g/mol. The molecule has 1 atom stereocenters. The number of nitrogens with zero attached hydrogens (tertiary/aromatic N) is 2. The first-order valence-electron chi connectivity index (χ1n) is 7.50. The molecule has 1 aliphatic heterocycles. The number of ether oxygens (including phenoxy) is 1. The topological polar surface area (TPSA) is 68.2 Å². The summed E-state index contributed by atoms with van der Waals surface area (Å²) in [6.07, 6.45) is 3.98. The minimum Gasteiger partial charge on any atom is -0.375 e. The van der Waals surface area contributed by atoms with Crippen LogP contribution in [-0.4, -0.2) is 41.5 Å². The maximum Gasteiger partial charge on any atom is 0.222 e. The van der Waals surface area contributed by atoms with E-state index in [4.69, 9.17) is 4.74 Å². The van der Waals surface area contributed by atoms with Gasteiger partial charge in [0, 0.05) is 32.0 Å². The van der Waals surface area contributed by atoms with Gasteiger partial charge in [-0.3, -0.25) is 4.79 Å². The molecule has 0 spiro atoms. The second-order valence-corrected chi connectivity index (χ2v) is 5.26. The van der Waals surface area contributed by atoms with Crippen LogP contribution < -0.4 is 10.6 Å². The van der Waals surface area contributed by atoms with Crippen LogP contribution in [0, 0.1) is 0 Å². The van der Waals surface area contributed by atoms with Crippen LogP contribution in [0.15, 0.2) is 42.7 Å². The van der Waals surface area contributed by atoms with Gasteiger partial charge in [0.1, 0.15) is 0 Å². The van der Waals surface area contributed by atoms with E-state index in [0.717, 1.165) is 24.3 Å². The van der Waals surface area contributed by atoms with Crippen molar-refractivity contribution in [3.05, 3.63) is 48.3 Å². The van der Waals surface area contributed by atoms with Crippen LogP contribution in [0.3, 0.4) is 0 Å². The van der Waals surface area contributed by atoms with Gasteiger partial charge in [-0.1, -0.05) is 18.2 Å². The third-order valence-electron chi connectivity index (χ3n) is 3.64. The van der Waals surface area contributed by atoms with Gasteiger partial charge in [0.05, 0.1) is 24.8 Å². The molecule has 2 N–H and O–H groups in total. The number of nitrogens with one attached hydrogen (secondary N) is 2. The van der Waals surface area contributed by atoms with Gasteiger partial charge >= 0.3 is 0 Å². The van der Waals surface area contributed by atoms with Crippen LogP contribution in [-0.2, 0) is 16.1 Å². The van der Waals surface area contributed by atoms with E-state index in [1.807, 2.05) is 36.5 Å². The number of morpholine rings is 1. The quantitative estimate of drug-likeness (QED) is 0.863. The minimum atomic E-state index is -0.0323. The first-order chi connectivity index (χ1) is 10.8. The number of carbonyl (C=O) groups is 1. The number of amides is 1. The van der Waals surface area contributed by atoms with Crippen molar-refractivity contribution in [3.63, 3.8) is 0 Å². The van der Waals surface area contributed by atoms with E-state index in [-0.39, 0.29) is 24.4 Å².